The summed E-state index contributed by atoms with van der Waals surface area (Å²) in [5.74, 6) is -0.331. The highest BCUT2D eigenvalue weighted by Crippen LogP contribution is 2.20. The Morgan fingerprint density at radius 2 is 2.24 bits per heavy atom. The smallest absolute Gasteiger partial charge is 0.310 e. The zero-order valence-electron chi connectivity index (χ0n) is 10.3. The third kappa shape index (κ3) is 1.90. The molecule has 0 aliphatic carbocycles. The Hall–Kier alpha value is -1.84. The fourth-order valence-electron chi connectivity index (χ4n) is 1.98. The maximum Gasteiger partial charge on any atom is 0.310 e. The van der Waals surface area contributed by atoms with Crippen LogP contribution in [0.2, 0.25) is 0 Å². The molecule has 0 bridgehead atoms. The van der Waals surface area contributed by atoms with Crippen molar-refractivity contribution in [2.75, 3.05) is 0 Å². The van der Waals surface area contributed by atoms with Gasteiger partial charge >= 0.3 is 5.97 Å². The van der Waals surface area contributed by atoms with Crippen molar-refractivity contribution < 1.29 is 9.90 Å². The van der Waals surface area contributed by atoms with E-state index < -0.39 is 11.9 Å². The summed E-state index contributed by atoms with van der Waals surface area (Å²) in [4.78, 5) is 15.4. The molecular weight excluding hydrogens is 216 g/mol. The Labute approximate surface area is 99.9 Å². The molecule has 1 atom stereocenters. The zero-order chi connectivity index (χ0) is 12.6. The average Bonchev–Trinajstić information content (AvgIpc) is 2.64. The van der Waals surface area contributed by atoms with Crippen molar-refractivity contribution in [3.63, 3.8) is 0 Å². The third-order valence-electron chi connectivity index (χ3n) is 3.10. The van der Waals surface area contributed by atoms with Gasteiger partial charge in [0.25, 0.3) is 0 Å². The monoisotopic (exact) mass is 232 g/mol. The van der Waals surface area contributed by atoms with E-state index in [2.05, 4.69) is 4.98 Å². The highest BCUT2D eigenvalue weighted by molar-refractivity contribution is 5.75. The number of aryl methyl sites for hydroxylation is 2. The van der Waals surface area contributed by atoms with Crippen molar-refractivity contribution >= 4 is 11.5 Å². The minimum Gasteiger partial charge on any atom is -0.481 e. The number of aliphatic carboxylic acids is 1. The lowest BCUT2D eigenvalue weighted by atomic mass is 10.0. The van der Waals surface area contributed by atoms with E-state index >= 15 is 0 Å². The zero-order valence-corrected chi connectivity index (χ0v) is 10.3. The molecule has 0 saturated carbocycles. The second-order valence-electron chi connectivity index (χ2n) is 4.24. The summed E-state index contributed by atoms with van der Waals surface area (Å²) in [5.41, 5.74) is 2.83. The number of imidazole rings is 1. The number of hydrogen-bond acceptors (Lipinski definition) is 2. The fourth-order valence-corrected chi connectivity index (χ4v) is 1.98. The van der Waals surface area contributed by atoms with Crippen molar-refractivity contribution in [2.45, 2.75) is 33.1 Å². The second-order valence-corrected chi connectivity index (χ2v) is 4.24. The first-order valence-electron chi connectivity index (χ1n) is 5.75. The summed E-state index contributed by atoms with van der Waals surface area (Å²) >= 11 is 0. The van der Waals surface area contributed by atoms with Crippen molar-refractivity contribution in [3.05, 3.63) is 35.4 Å². The molecule has 0 fully saturated rings. The molecule has 0 aromatic carbocycles. The van der Waals surface area contributed by atoms with Gasteiger partial charge in [-0.2, -0.15) is 0 Å². The molecule has 1 N–H and O–H groups in total. The van der Waals surface area contributed by atoms with Crippen LogP contribution in [0.5, 0.6) is 0 Å². The van der Waals surface area contributed by atoms with Gasteiger partial charge in [0.05, 0.1) is 17.1 Å². The second kappa shape index (κ2) is 4.20. The summed E-state index contributed by atoms with van der Waals surface area (Å²) in [7, 11) is 0. The first-order valence-corrected chi connectivity index (χ1v) is 5.75. The Morgan fingerprint density at radius 1 is 1.53 bits per heavy atom. The van der Waals surface area contributed by atoms with E-state index in [1.807, 2.05) is 36.6 Å². The van der Waals surface area contributed by atoms with E-state index in [1.54, 1.807) is 6.92 Å². The number of fused-ring (bicyclic) bond motifs is 1. The van der Waals surface area contributed by atoms with Gasteiger partial charge < -0.3 is 9.51 Å². The van der Waals surface area contributed by atoms with Gasteiger partial charge in [-0.25, -0.2) is 4.98 Å². The largest absolute Gasteiger partial charge is 0.481 e. The van der Waals surface area contributed by atoms with Gasteiger partial charge in [0, 0.05) is 12.6 Å². The number of carbonyl (C=O) groups is 1. The molecule has 2 aromatic heterocycles. The maximum absolute atomic E-state index is 11.0. The molecule has 17 heavy (non-hydrogen) atoms. The van der Waals surface area contributed by atoms with Gasteiger partial charge in [-0.05, 0) is 25.5 Å². The molecule has 0 radical (unpaired) electrons. The van der Waals surface area contributed by atoms with Crippen molar-refractivity contribution in [3.8, 4) is 0 Å². The first-order chi connectivity index (χ1) is 8.04. The first kappa shape index (κ1) is 11.6. The summed E-state index contributed by atoms with van der Waals surface area (Å²) in [6, 6.07) is 3.80. The van der Waals surface area contributed by atoms with E-state index in [-0.39, 0.29) is 0 Å². The number of nitrogens with zero attached hydrogens (tertiary/aromatic N) is 2. The number of carboxylic acid groups (broad SMARTS) is 1. The lowest BCUT2D eigenvalue weighted by Gasteiger charge is -2.08. The van der Waals surface area contributed by atoms with E-state index in [4.69, 9.17) is 5.11 Å². The Kier molecular flexibility index (Phi) is 2.88. The van der Waals surface area contributed by atoms with E-state index in [0.717, 1.165) is 29.0 Å². The summed E-state index contributed by atoms with van der Waals surface area (Å²) in [6.45, 7) is 5.70. The van der Waals surface area contributed by atoms with Crippen LogP contribution in [0.15, 0.2) is 18.3 Å². The number of rotatable bonds is 3. The molecule has 0 spiro atoms. The topological polar surface area (TPSA) is 54.6 Å². The summed E-state index contributed by atoms with van der Waals surface area (Å²) < 4.78 is 1.99. The van der Waals surface area contributed by atoms with Gasteiger partial charge in [0.2, 0.25) is 0 Å². The summed E-state index contributed by atoms with van der Waals surface area (Å²) in [5, 5.41) is 9.01. The molecule has 2 aromatic rings. The van der Waals surface area contributed by atoms with Crippen LogP contribution in [0.25, 0.3) is 5.52 Å². The molecular formula is C13H16N2O2. The third-order valence-corrected chi connectivity index (χ3v) is 3.10. The Morgan fingerprint density at radius 3 is 2.82 bits per heavy atom. The lowest BCUT2D eigenvalue weighted by Crippen LogP contribution is -2.08. The van der Waals surface area contributed by atoms with Crippen LogP contribution in [0, 0.1) is 6.92 Å². The van der Waals surface area contributed by atoms with Crippen LogP contribution in [0.4, 0.5) is 0 Å². The van der Waals surface area contributed by atoms with Crippen LogP contribution >= 0.6 is 0 Å². The molecule has 0 amide bonds. The van der Waals surface area contributed by atoms with Crippen LogP contribution in [-0.2, 0) is 11.2 Å². The van der Waals surface area contributed by atoms with E-state index in [1.165, 1.54) is 0 Å². The Balaban J connectivity index is 2.60. The molecule has 2 heterocycles. The van der Waals surface area contributed by atoms with Crippen LogP contribution < -0.4 is 0 Å². The summed E-state index contributed by atoms with van der Waals surface area (Å²) in [6.07, 6.45) is 2.72. The normalized spacial score (nSPS) is 12.9. The molecule has 0 aliphatic rings. The predicted octanol–water partition coefficient (Wildman–Crippen LogP) is 2.39. The number of aromatic nitrogens is 2. The van der Waals surface area contributed by atoms with Crippen molar-refractivity contribution in [1.29, 1.82) is 0 Å². The minimum atomic E-state index is -0.806. The molecule has 4 heteroatoms. The highest BCUT2D eigenvalue weighted by atomic mass is 16.4. The standard InChI is InChI=1S/C13H16N2O2/c1-4-12-14-9(3)11-6-5-10(7-15(11)12)8(2)13(16)17/h5-8H,4H2,1-3H3,(H,16,17). The van der Waals surface area contributed by atoms with Gasteiger partial charge in [0.15, 0.2) is 0 Å². The van der Waals surface area contributed by atoms with Gasteiger partial charge in [-0.3, -0.25) is 4.79 Å². The Bertz CT molecular complexity index is 572. The molecule has 0 aliphatic heterocycles. The van der Waals surface area contributed by atoms with Gasteiger partial charge in [0.1, 0.15) is 5.82 Å². The number of hydrogen-bond donors (Lipinski definition) is 1. The fraction of sp³-hybridized carbons (Fsp3) is 0.385. The van der Waals surface area contributed by atoms with E-state index in [9.17, 15) is 4.79 Å². The van der Waals surface area contributed by atoms with Crippen LogP contribution in [0.1, 0.15) is 36.8 Å². The molecule has 4 nitrogen and oxygen atoms in total. The van der Waals surface area contributed by atoms with Gasteiger partial charge in [-0.1, -0.05) is 13.0 Å². The quantitative estimate of drug-likeness (QED) is 0.884. The number of pyridine rings is 1. The maximum atomic E-state index is 11.0. The average molecular weight is 232 g/mol. The molecule has 90 valence electrons. The van der Waals surface area contributed by atoms with Crippen molar-refractivity contribution in [2.24, 2.45) is 0 Å². The number of carboxylic acids is 1. The van der Waals surface area contributed by atoms with Crippen LogP contribution in [-0.4, -0.2) is 20.5 Å². The van der Waals surface area contributed by atoms with E-state index in [0.29, 0.717) is 0 Å². The molecule has 2 rings (SSSR count). The van der Waals surface area contributed by atoms with Gasteiger partial charge in [-0.15, -0.1) is 0 Å². The predicted molar refractivity (Wildman–Crippen MR) is 65.4 cm³/mol. The molecule has 0 saturated heterocycles. The molecule has 1 unspecified atom stereocenters. The van der Waals surface area contributed by atoms with Crippen molar-refractivity contribution in [1.82, 2.24) is 9.38 Å². The highest BCUT2D eigenvalue weighted by Gasteiger charge is 2.15. The lowest BCUT2D eigenvalue weighted by molar-refractivity contribution is -0.138. The SMILES string of the molecule is CCc1nc(C)c2ccc(C(C)C(=O)O)cn12. The van der Waals surface area contributed by atoms with Crippen LogP contribution in [0.3, 0.4) is 0 Å². The minimum absolute atomic E-state index is 0.494.